The topological polar surface area (TPSA) is 80.7 Å². The van der Waals surface area contributed by atoms with Crippen LogP contribution in [0.2, 0.25) is 0 Å². The number of allylic oxidation sites excluding steroid dienone is 1. The number of carbonyl (C=O) groups is 3. The molecule has 0 aromatic carbocycles. The average Bonchev–Trinajstić information content (AvgIpc) is 2.10. The van der Waals surface area contributed by atoms with E-state index in [2.05, 4.69) is 4.74 Å². The standard InChI is InChI=1S/C10H14O5/c1-3-8(10(13)14)4-5-15-9(12)6-7(2)11/h3H,4-6H2,1-2H3,(H,13,14). The van der Waals surface area contributed by atoms with Gasteiger partial charge in [-0.1, -0.05) is 6.08 Å². The molecule has 0 amide bonds. The molecule has 0 spiro atoms. The van der Waals surface area contributed by atoms with Crippen molar-refractivity contribution < 1.29 is 24.2 Å². The summed E-state index contributed by atoms with van der Waals surface area (Å²) >= 11 is 0. The third-order valence-corrected chi connectivity index (χ3v) is 1.65. The fraction of sp³-hybridized carbons (Fsp3) is 0.500. The zero-order valence-electron chi connectivity index (χ0n) is 8.78. The molecule has 0 unspecified atom stereocenters. The van der Waals surface area contributed by atoms with Crippen molar-refractivity contribution in [2.45, 2.75) is 26.7 Å². The van der Waals surface area contributed by atoms with Gasteiger partial charge in [0.2, 0.25) is 0 Å². The SMILES string of the molecule is CC=C(CCOC(=O)CC(C)=O)C(=O)O. The summed E-state index contributed by atoms with van der Waals surface area (Å²) in [6.07, 6.45) is 1.33. The molecular formula is C10H14O5. The molecule has 0 aliphatic rings. The second-order valence-electron chi connectivity index (χ2n) is 2.97. The van der Waals surface area contributed by atoms with Crippen LogP contribution in [0.1, 0.15) is 26.7 Å². The lowest BCUT2D eigenvalue weighted by Gasteiger charge is -2.03. The van der Waals surface area contributed by atoms with Crippen molar-refractivity contribution in [2.24, 2.45) is 0 Å². The monoisotopic (exact) mass is 214 g/mol. The van der Waals surface area contributed by atoms with E-state index in [0.29, 0.717) is 0 Å². The van der Waals surface area contributed by atoms with Gasteiger partial charge < -0.3 is 9.84 Å². The Kier molecular flexibility index (Phi) is 6.01. The van der Waals surface area contributed by atoms with Gasteiger partial charge in [-0.25, -0.2) is 4.79 Å². The number of aliphatic carboxylic acids is 1. The number of carboxylic acids is 1. The number of carbonyl (C=O) groups excluding carboxylic acids is 2. The van der Waals surface area contributed by atoms with E-state index in [9.17, 15) is 14.4 Å². The Morgan fingerprint density at radius 1 is 1.33 bits per heavy atom. The largest absolute Gasteiger partial charge is 0.478 e. The lowest BCUT2D eigenvalue weighted by atomic mass is 10.2. The van der Waals surface area contributed by atoms with Gasteiger partial charge in [0.25, 0.3) is 0 Å². The molecule has 0 aliphatic carbocycles. The predicted octanol–water partition coefficient (Wildman–Crippen LogP) is 0.930. The van der Waals surface area contributed by atoms with Gasteiger partial charge in [-0.3, -0.25) is 9.59 Å². The van der Waals surface area contributed by atoms with E-state index in [1.165, 1.54) is 13.0 Å². The molecule has 0 aromatic rings. The van der Waals surface area contributed by atoms with Crippen molar-refractivity contribution in [3.63, 3.8) is 0 Å². The minimum Gasteiger partial charge on any atom is -0.478 e. The molecule has 5 nitrogen and oxygen atoms in total. The zero-order valence-corrected chi connectivity index (χ0v) is 8.78. The minimum atomic E-state index is -1.03. The number of hydrogen-bond acceptors (Lipinski definition) is 4. The Balaban J connectivity index is 3.84. The van der Waals surface area contributed by atoms with Gasteiger partial charge in [0.05, 0.1) is 6.61 Å². The molecule has 84 valence electrons. The summed E-state index contributed by atoms with van der Waals surface area (Å²) in [5.41, 5.74) is 0.186. The Morgan fingerprint density at radius 3 is 2.33 bits per heavy atom. The van der Waals surface area contributed by atoms with Crippen LogP contribution in [0.15, 0.2) is 11.6 Å². The highest BCUT2D eigenvalue weighted by Crippen LogP contribution is 2.02. The highest BCUT2D eigenvalue weighted by molar-refractivity contribution is 5.94. The van der Waals surface area contributed by atoms with Gasteiger partial charge in [0, 0.05) is 12.0 Å². The lowest BCUT2D eigenvalue weighted by molar-refractivity contribution is -0.146. The Morgan fingerprint density at radius 2 is 1.93 bits per heavy atom. The minimum absolute atomic E-state index is 0.0158. The zero-order chi connectivity index (χ0) is 11.8. The van der Waals surface area contributed by atoms with Crippen LogP contribution in [0, 0.1) is 0 Å². The molecule has 0 aromatic heterocycles. The second-order valence-corrected chi connectivity index (χ2v) is 2.97. The molecule has 1 N–H and O–H groups in total. The third kappa shape index (κ3) is 6.42. The van der Waals surface area contributed by atoms with Crippen molar-refractivity contribution in [3.05, 3.63) is 11.6 Å². The Hall–Kier alpha value is -1.65. The Labute approximate surface area is 87.7 Å². The number of esters is 1. The molecule has 0 heterocycles. The average molecular weight is 214 g/mol. The first-order chi connectivity index (χ1) is 6.97. The molecular weight excluding hydrogens is 200 g/mol. The van der Waals surface area contributed by atoms with E-state index in [1.54, 1.807) is 6.92 Å². The van der Waals surface area contributed by atoms with Crippen LogP contribution in [0.5, 0.6) is 0 Å². The summed E-state index contributed by atoms with van der Waals surface area (Å²) in [6.45, 7) is 2.87. The van der Waals surface area contributed by atoms with Crippen LogP contribution in [0.25, 0.3) is 0 Å². The van der Waals surface area contributed by atoms with Crippen molar-refractivity contribution in [2.75, 3.05) is 6.61 Å². The van der Waals surface area contributed by atoms with Gasteiger partial charge in [0.1, 0.15) is 12.2 Å². The summed E-state index contributed by atoms with van der Waals surface area (Å²) in [4.78, 5) is 31.9. The summed E-state index contributed by atoms with van der Waals surface area (Å²) in [7, 11) is 0. The highest BCUT2D eigenvalue weighted by atomic mass is 16.5. The summed E-state index contributed by atoms with van der Waals surface area (Å²) in [6, 6.07) is 0. The molecule has 0 saturated heterocycles. The predicted molar refractivity (Wildman–Crippen MR) is 52.3 cm³/mol. The molecule has 0 aliphatic heterocycles. The number of Topliss-reactive ketones (excluding diaryl/α,β-unsaturated/α-hetero) is 1. The number of rotatable bonds is 6. The first-order valence-corrected chi connectivity index (χ1v) is 4.51. The molecule has 0 saturated carbocycles. The maximum atomic E-state index is 10.9. The van der Waals surface area contributed by atoms with E-state index in [0.717, 1.165) is 0 Å². The van der Waals surface area contributed by atoms with Gasteiger partial charge in [-0.05, 0) is 13.8 Å². The fourth-order valence-corrected chi connectivity index (χ4v) is 0.904. The molecule has 0 atom stereocenters. The van der Waals surface area contributed by atoms with Crippen LogP contribution in [0.3, 0.4) is 0 Å². The molecule has 0 fully saturated rings. The normalized spacial score (nSPS) is 10.9. The van der Waals surface area contributed by atoms with Crippen LogP contribution in [-0.2, 0) is 19.1 Å². The van der Waals surface area contributed by atoms with Crippen molar-refractivity contribution in [1.82, 2.24) is 0 Å². The molecule has 0 rings (SSSR count). The van der Waals surface area contributed by atoms with Gasteiger partial charge in [-0.15, -0.1) is 0 Å². The van der Waals surface area contributed by atoms with Crippen LogP contribution in [0.4, 0.5) is 0 Å². The maximum absolute atomic E-state index is 10.9. The lowest BCUT2D eigenvalue weighted by Crippen LogP contribution is -2.11. The quantitative estimate of drug-likeness (QED) is 0.404. The van der Waals surface area contributed by atoms with Crippen LogP contribution in [-0.4, -0.2) is 29.4 Å². The van der Waals surface area contributed by atoms with Gasteiger partial charge in [-0.2, -0.15) is 0 Å². The Bertz CT molecular complexity index is 290. The number of hydrogen-bond donors (Lipinski definition) is 1. The van der Waals surface area contributed by atoms with E-state index >= 15 is 0 Å². The number of ether oxygens (including phenoxy) is 1. The van der Waals surface area contributed by atoms with Crippen LogP contribution < -0.4 is 0 Å². The highest BCUT2D eigenvalue weighted by Gasteiger charge is 2.09. The first kappa shape index (κ1) is 13.4. The number of ketones is 1. The second kappa shape index (κ2) is 6.75. The molecule has 5 heteroatoms. The van der Waals surface area contributed by atoms with Gasteiger partial charge in [0.15, 0.2) is 0 Å². The van der Waals surface area contributed by atoms with E-state index in [4.69, 9.17) is 5.11 Å². The molecule has 0 radical (unpaired) electrons. The summed E-state index contributed by atoms with van der Waals surface area (Å²) in [5, 5.41) is 8.62. The maximum Gasteiger partial charge on any atom is 0.331 e. The van der Waals surface area contributed by atoms with Crippen molar-refractivity contribution in [3.8, 4) is 0 Å². The summed E-state index contributed by atoms with van der Waals surface area (Å²) in [5.74, 6) is -1.92. The smallest absolute Gasteiger partial charge is 0.331 e. The van der Waals surface area contributed by atoms with Crippen molar-refractivity contribution >= 4 is 17.7 Å². The van der Waals surface area contributed by atoms with E-state index in [-0.39, 0.29) is 30.8 Å². The van der Waals surface area contributed by atoms with E-state index in [1.807, 2.05) is 0 Å². The summed E-state index contributed by atoms with van der Waals surface area (Å²) < 4.78 is 4.67. The van der Waals surface area contributed by atoms with Gasteiger partial charge >= 0.3 is 11.9 Å². The van der Waals surface area contributed by atoms with Crippen LogP contribution >= 0.6 is 0 Å². The van der Waals surface area contributed by atoms with E-state index < -0.39 is 11.9 Å². The molecule has 15 heavy (non-hydrogen) atoms. The fourth-order valence-electron chi connectivity index (χ4n) is 0.904. The van der Waals surface area contributed by atoms with Crippen molar-refractivity contribution in [1.29, 1.82) is 0 Å². The number of carboxylic acid groups (broad SMARTS) is 1. The molecule has 0 bridgehead atoms. The first-order valence-electron chi connectivity index (χ1n) is 4.51. The third-order valence-electron chi connectivity index (χ3n) is 1.65.